The van der Waals surface area contributed by atoms with Gasteiger partial charge >= 0.3 is 5.97 Å². The summed E-state index contributed by atoms with van der Waals surface area (Å²) >= 11 is 5.78. The van der Waals surface area contributed by atoms with E-state index in [4.69, 9.17) is 21.1 Å². The standard InChI is InChI=1S/C17H15ClFNO4/c18-13-5-3-6-14(8-13)23-11-17(22)24-10-16(21)20-9-12-4-1-2-7-15(12)19/h1-8H,9-11H2,(H,20,21). The van der Waals surface area contributed by atoms with E-state index in [9.17, 15) is 14.0 Å². The van der Waals surface area contributed by atoms with Gasteiger partial charge in [-0.25, -0.2) is 9.18 Å². The van der Waals surface area contributed by atoms with Crippen molar-refractivity contribution >= 4 is 23.5 Å². The topological polar surface area (TPSA) is 64.6 Å². The number of esters is 1. The summed E-state index contributed by atoms with van der Waals surface area (Å²) in [6.45, 7) is -0.796. The molecule has 0 aromatic heterocycles. The van der Waals surface area contributed by atoms with Crippen LogP contribution in [0.2, 0.25) is 5.02 Å². The van der Waals surface area contributed by atoms with E-state index in [1.807, 2.05) is 0 Å². The third-order valence-corrected chi connectivity index (χ3v) is 3.19. The van der Waals surface area contributed by atoms with Gasteiger partial charge in [0.25, 0.3) is 5.91 Å². The fourth-order valence-corrected chi connectivity index (χ4v) is 1.95. The van der Waals surface area contributed by atoms with Gasteiger partial charge in [-0.05, 0) is 24.3 Å². The summed E-state index contributed by atoms with van der Waals surface area (Å²) in [4.78, 5) is 23.1. The number of carbonyl (C=O) groups excluding carboxylic acids is 2. The van der Waals surface area contributed by atoms with E-state index < -0.39 is 24.3 Å². The first-order valence-electron chi connectivity index (χ1n) is 7.08. The monoisotopic (exact) mass is 351 g/mol. The average Bonchev–Trinajstić information content (AvgIpc) is 2.57. The highest BCUT2D eigenvalue weighted by molar-refractivity contribution is 6.30. The summed E-state index contributed by atoms with van der Waals surface area (Å²) < 4.78 is 23.3. The van der Waals surface area contributed by atoms with Crippen molar-refractivity contribution in [3.63, 3.8) is 0 Å². The molecule has 24 heavy (non-hydrogen) atoms. The number of carbonyl (C=O) groups is 2. The lowest BCUT2D eigenvalue weighted by Gasteiger charge is -2.08. The zero-order chi connectivity index (χ0) is 17.4. The predicted octanol–water partition coefficient (Wildman–Crippen LogP) is 2.72. The first-order chi connectivity index (χ1) is 11.5. The van der Waals surface area contributed by atoms with Crippen molar-refractivity contribution in [2.45, 2.75) is 6.54 Å². The van der Waals surface area contributed by atoms with Crippen LogP contribution in [0.4, 0.5) is 4.39 Å². The van der Waals surface area contributed by atoms with Gasteiger partial charge in [-0.2, -0.15) is 0 Å². The number of halogens is 2. The number of hydrogen-bond acceptors (Lipinski definition) is 4. The van der Waals surface area contributed by atoms with Gasteiger partial charge in [-0.1, -0.05) is 35.9 Å². The zero-order valence-corrected chi connectivity index (χ0v) is 13.4. The van der Waals surface area contributed by atoms with Crippen LogP contribution in [0.15, 0.2) is 48.5 Å². The van der Waals surface area contributed by atoms with Crippen molar-refractivity contribution in [1.82, 2.24) is 5.32 Å². The molecule has 0 aliphatic carbocycles. The summed E-state index contributed by atoms with van der Waals surface area (Å²) in [5.41, 5.74) is 0.349. The van der Waals surface area contributed by atoms with Crippen molar-refractivity contribution in [2.24, 2.45) is 0 Å². The van der Waals surface area contributed by atoms with Gasteiger partial charge in [0.05, 0.1) is 0 Å². The predicted molar refractivity (Wildman–Crippen MR) is 86.2 cm³/mol. The van der Waals surface area contributed by atoms with Crippen molar-refractivity contribution in [3.8, 4) is 5.75 Å². The Morgan fingerprint density at radius 2 is 1.88 bits per heavy atom. The van der Waals surface area contributed by atoms with Crippen LogP contribution >= 0.6 is 11.6 Å². The molecule has 2 aromatic rings. The Kier molecular flexibility index (Phi) is 6.57. The minimum atomic E-state index is -0.698. The molecule has 0 saturated carbocycles. The molecule has 0 fully saturated rings. The largest absolute Gasteiger partial charge is 0.482 e. The van der Waals surface area contributed by atoms with E-state index in [0.717, 1.165) is 0 Å². The highest BCUT2D eigenvalue weighted by atomic mass is 35.5. The van der Waals surface area contributed by atoms with Crippen molar-refractivity contribution in [3.05, 3.63) is 64.9 Å². The second kappa shape index (κ2) is 8.88. The van der Waals surface area contributed by atoms with Crippen LogP contribution in [0, 0.1) is 5.82 Å². The molecule has 0 radical (unpaired) electrons. The summed E-state index contributed by atoms with van der Waals surface area (Å²) in [6, 6.07) is 12.6. The molecule has 0 saturated heterocycles. The van der Waals surface area contributed by atoms with Crippen LogP contribution in [0.25, 0.3) is 0 Å². The van der Waals surface area contributed by atoms with Gasteiger partial charge in [0, 0.05) is 17.1 Å². The lowest BCUT2D eigenvalue weighted by atomic mass is 10.2. The van der Waals surface area contributed by atoms with Crippen molar-refractivity contribution < 1.29 is 23.5 Å². The normalized spacial score (nSPS) is 10.1. The molecule has 7 heteroatoms. The number of hydrogen-bond donors (Lipinski definition) is 1. The van der Waals surface area contributed by atoms with E-state index in [1.165, 1.54) is 6.07 Å². The smallest absolute Gasteiger partial charge is 0.344 e. The molecule has 0 spiro atoms. The molecular formula is C17H15ClFNO4. The van der Waals surface area contributed by atoms with Crippen LogP contribution in [-0.2, 0) is 20.9 Å². The van der Waals surface area contributed by atoms with Crippen LogP contribution in [0.5, 0.6) is 5.75 Å². The highest BCUT2D eigenvalue weighted by Crippen LogP contribution is 2.16. The highest BCUT2D eigenvalue weighted by Gasteiger charge is 2.09. The third-order valence-electron chi connectivity index (χ3n) is 2.95. The Balaban J connectivity index is 1.68. The molecule has 1 N–H and O–H groups in total. The van der Waals surface area contributed by atoms with E-state index in [0.29, 0.717) is 16.3 Å². The number of nitrogens with one attached hydrogen (secondary N) is 1. The van der Waals surface area contributed by atoms with Gasteiger partial charge in [0.1, 0.15) is 11.6 Å². The Labute approximate surface area is 143 Å². The van der Waals surface area contributed by atoms with Gasteiger partial charge in [0.2, 0.25) is 0 Å². The Bertz CT molecular complexity index is 723. The Morgan fingerprint density at radius 1 is 1.08 bits per heavy atom. The molecule has 0 heterocycles. The lowest BCUT2D eigenvalue weighted by molar-refractivity contribution is -0.150. The second-order valence-electron chi connectivity index (χ2n) is 4.77. The minimum absolute atomic E-state index is 0.0159. The molecule has 1 amide bonds. The quantitative estimate of drug-likeness (QED) is 0.779. The molecule has 0 unspecified atom stereocenters. The Morgan fingerprint density at radius 3 is 2.62 bits per heavy atom. The SMILES string of the molecule is O=C(COC(=O)COc1cccc(Cl)c1)NCc1ccccc1F. The number of rotatable bonds is 7. The number of amides is 1. The van der Waals surface area contributed by atoms with Crippen molar-refractivity contribution in [1.29, 1.82) is 0 Å². The molecule has 0 bridgehead atoms. The van der Waals surface area contributed by atoms with Crippen LogP contribution < -0.4 is 10.1 Å². The first-order valence-corrected chi connectivity index (χ1v) is 7.46. The van der Waals surface area contributed by atoms with E-state index >= 15 is 0 Å². The maximum Gasteiger partial charge on any atom is 0.344 e. The average molecular weight is 352 g/mol. The third kappa shape index (κ3) is 5.89. The van der Waals surface area contributed by atoms with Gasteiger partial charge in [-0.3, -0.25) is 4.79 Å². The van der Waals surface area contributed by atoms with E-state index in [1.54, 1.807) is 42.5 Å². The van der Waals surface area contributed by atoms with Crippen LogP contribution in [0.3, 0.4) is 0 Å². The molecule has 2 aromatic carbocycles. The maximum atomic E-state index is 13.4. The summed E-state index contributed by atoms with van der Waals surface area (Å²) in [5, 5.41) is 2.94. The van der Waals surface area contributed by atoms with Gasteiger partial charge < -0.3 is 14.8 Å². The zero-order valence-electron chi connectivity index (χ0n) is 12.6. The van der Waals surface area contributed by atoms with Crippen molar-refractivity contribution in [2.75, 3.05) is 13.2 Å². The number of benzene rings is 2. The van der Waals surface area contributed by atoms with Crippen LogP contribution in [0.1, 0.15) is 5.56 Å². The summed E-state index contributed by atoms with van der Waals surface area (Å²) in [7, 11) is 0. The molecular weight excluding hydrogens is 337 g/mol. The van der Waals surface area contributed by atoms with E-state index in [2.05, 4.69) is 5.32 Å². The summed E-state index contributed by atoms with van der Waals surface area (Å²) in [6.07, 6.45) is 0. The molecule has 0 atom stereocenters. The van der Waals surface area contributed by atoms with Gasteiger partial charge in [0.15, 0.2) is 13.2 Å². The van der Waals surface area contributed by atoms with Gasteiger partial charge in [-0.15, -0.1) is 0 Å². The maximum absolute atomic E-state index is 13.4. The fraction of sp³-hybridized carbons (Fsp3) is 0.176. The second-order valence-corrected chi connectivity index (χ2v) is 5.21. The molecule has 126 valence electrons. The Hall–Kier alpha value is -2.60. The minimum Gasteiger partial charge on any atom is -0.482 e. The van der Waals surface area contributed by atoms with Crippen LogP contribution in [-0.4, -0.2) is 25.1 Å². The van der Waals surface area contributed by atoms with E-state index in [-0.39, 0.29) is 13.2 Å². The molecule has 2 rings (SSSR count). The molecule has 0 aliphatic heterocycles. The molecule has 5 nitrogen and oxygen atoms in total. The molecule has 0 aliphatic rings. The first kappa shape index (κ1) is 17.7. The summed E-state index contributed by atoms with van der Waals surface area (Å²) in [5.74, 6) is -1.22. The number of ether oxygens (including phenoxy) is 2. The lowest BCUT2D eigenvalue weighted by Crippen LogP contribution is -2.29. The fourth-order valence-electron chi connectivity index (χ4n) is 1.77.